The summed E-state index contributed by atoms with van der Waals surface area (Å²) in [6, 6.07) is 7.78. The molecule has 2 rings (SSSR count). The van der Waals surface area contributed by atoms with E-state index in [2.05, 4.69) is 12.2 Å². The van der Waals surface area contributed by atoms with Crippen LogP contribution >= 0.6 is 0 Å². The molecule has 0 saturated heterocycles. The van der Waals surface area contributed by atoms with Crippen LogP contribution in [0.3, 0.4) is 0 Å². The molecule has 1 saturated carbocycles. The highest BCUT2D eigenvalue weighted by Crippen LogP contribution is 2.22. The first-order valence-electron chi connectivity index (χ1n) is 5.42. The molecule has 1 fully saturated rings. The molecule has 0 spiro atoms. The Bertz CT molecular complexity index is 334. The van der Waals surface area contributed by atoms with Crippen LogP contribution in [0, 0.1) is 5.82 Å². The van der Waals surface area contributed by atoms with Gasteiger partial charge in [-0.2, -0.15) is 0 Å². The van der Waals surface area contributed by atoms with Crippen LogP contribution in [0.25, 0.3) is 0 Å². The second-order valence-electron chi connectivity index (χ2n) is 4.37. The fourth-order valence-corrected chi connectivity index (χ4v) is 2.02. The van der Waals surface area contributed by atoms with Gasteiger partial charge in [0, 0.05) is 18.1 Å². The Morgan fingerprint density at radius 3 is 2.80 bits per heavy atom. The van der Waals surface area contributed by atoms with E-state index in [-0.39, 0.29) is 11.9 Å². The Balaban J connectivity index is 1.93. The van der Waals surface area contributed by atoms with E-state index in [1.807, 2.05) is 6.07 Å². The number of halogens is 1. The summed E-state index contributed by atoms with van der Waals surface area (Å²) in [5.74, 6) is -0.175. The lowest BCUT2D eigenvalue weighted by Crippen LogP contribution is -2.49. The van der Waals surface area contributed by atoms with Gasteiger partial charge in [0.25, 0.3) is 0 Å². The third-order valence-corrected chi connectivity index (χ3v) is 3.01. The zero-order chi connectivity index (χ0) is 10.8. The van der Waals surface area contributed by atoms with E-state index in [1.165, 1.54) is 6.07 Å². The smallest absolute Gasteiger partial charge is 0.123 e. The van der Waals surface area contributed by atoms with Gasteiger partial charge in [-0.25, -0.2) is 4.39 Å². The Hall–Kier alpha value is -0.930. The van der Waals surface area contributed by atoms with Crippen molar-refractivity contribution in [2.75, 3.05) is 0 Å². The van der Waals surface area contributed by atoms with Crippen LogP contribution in [0.15, 0.2) is 24.3 Å². The summed E-state index contributed by atoms with van der Waals surface area (Å²) in [4.78, 5) is 0. The molecule has 15 heavy (non-hydrogen) atoms. The minimum absolute atomic E-state index is 0.175. The maximum Gasteiger partial charge on any atom is 0.123 e. The van der Waals surface area contributed by atoms with Gasteiger partial charge in [0.1, 0.15) is 5.82 Å². The summed E-state index contributed by atoms with van der Waals surface area (Å²) in [5.41, 5.74) is 6.70. The molecule has 0 bridgehead atoms. The fraction of sp³-hybridized carbons (Fsp3) is 0.500. The van der Waals surface area contributed by atoms with Gasteiger partial charge in [-0.3, -0.25) is 0 Å². The summed E-state index contributed by atoms with van der Waals surface area (Å²) >= 11 is 0. The number of nitrogens with two attached hydrogens (primary N) is 1. The summed E-state index contributed by atoms with van der Waals surface area (Å²) in [6.45, 7) is 2.05. The van der Waals surface area contributed by atoms with E-state index in [0.717, 1.165) is 18.4 Å². The number of hydrogen-bond acceptors (Lipinski definition) is 2. The van der Waals surface area contributed by atoms with Crippen LogP contribution in [0.2, 0.25) is 0 Å². The second kappa shape index (κ2) is 4.29. The zero-order valence-electron chi connectivity index (χ0n) is 8.91. The van der Waals surface area contributed by atoms with E-state index >= 15 is 0 Å². The lowest BCUT2D eigenvalue weighted by Gasteiger charge is -2.35. The summed E-state index contributed by atoms with van der Waals surface area (Å²) < 4.78 is 13.0. The molecule has 0 aliphatic heterocycles. The largest absolute Gasteiger partial charge is 0.328 e. The molecule has 0 radical (unpaired) electrons. The molecule has 1 aromatic rings. The number of nitrogens with one attached hydrogen (secondary N) is 1. The monoisotopic (exact) mass is 208 g/mol. The van der Waals surface area contributed by atoms with E-state index < -0.39 is 0 Å². The molecule has 82 valence electrons. The minimum Gasteiger partial charge on any atom is -0.328 e. The zero-order valence-corrected chi connectivity index (χ0v) is 8.91. The van der Waals surface area contributed by atoms with Crippen LogP contribution in [-0.4, -0.2) is 12.1 Å². The molecule has 1 atom stereocenters. The second-order valence-corrected chi connectivity index (χ2v) is 4.37. The first-order chi connectivity index (χ1) is 7.15. The van der Waals surface area contributed by atoms with Crippen molar-refractivity contribution in [3.05, 3.63) is 35.6 Å². The van der Waals surface area contributed by atoms with Crippen molar-refractivity contribution in [3.63, 3.8) is 0 Å². The average Bonchev–Trinajstić information content (AvgIpc) is 2.15. The Morgan fingerprint density at radius 2 is 2.20 bits per heavy atom. The lowest BCUT2D eigenvalue weighted by atomic mass is 9.87. The normalized spacial score (nSPS) is 27.1. The Kier molecular flexibility index (Phi) is 3.03. The molecule has 0 amide bonds. The van der Waals surface area contributed by atoms with Gasteiger partial charge in [0.15, 0.2) is 0 Å². The van der Waals surface area contributed by atoms with Crippen LogP contribution in [-0.2, 0) is 0 Å². The van der Waals surface area contributed by atoms with Gasteiger partial charge in [-0.1, -0.05) is 12.1 Å². The van der Waals surface area contributed by atoms with Gasteiger partial charge in [0.05, 0.1) is 0 Å². The van der Waals surface area contributed by atoms with Crippen molar-refractivity contribution in [2.24, 2.45) is 5.73 Å². The molecule has 1 aliphatic rings. The molecule has 3 N–H and O–H groups in total. The molecular formula is C12H17FN2. The highest BCUT2D eigenvalue weighted by atomic mass is 19.1. The van der Waals surface area contributed by atoms with Crippen LogP contribution in [0.5, 0.6) is 0 Å². The summed E-state index contributed by atoms with van der Waals surface area (Å²) in [6.07, 6.45) is 2.05. The first-order valence-corrected chi connectivity index (χ1v) is 5.42. The topological polar surface area (TPSA) is 38.0 Å². The van der Waals surface area contributed by atoms with Crippen molar-refractivity contribution in [1.29, 1.82) is 0 Å². The third kappa shape index (κ3) is 2.55. The van der Waals surface area contributed by atoms with Crippen LogP contribution < -0.4 is 11.1 Å². The van der Waals surface area contributed by atoms with E-state index in [1.54, 1.807) is 12.1 Å². The third-order valence-electron chi connectivity index (χ3n) is 3.01. The summed E-state index contributed by atoms with van der Waals surface area (Å²) in [5, 5.41) is 3.44. The Morgan fingerprint density at radius 1 is 1.47 bits per heavy atom. The standard InChI is InChI=1S/C12H17FN2/c1-8(15-12-6-11(14)7-12)9-3-2-4-10(13)5-9/h2-5,8,11-12,15H,6-7,14H2,1H3/t8-,11?,12?/m0/s1. The van der Waals surface area contributed by atoms with Crippen molar-refractivity contribution >= 4 is 0 Å². The highest BCUT2D eigenvalue weighted by Gasteiger charge is 2.26. The van der Waals surface area contributed by atoms with Crippen molar-refractivity contribution in [2.45, 2.75) is 37.9 Å². The van der Waals surface area contributed by atoms with Gasteiger partial charge < -0.3 is 11.1 Å². The number of hydrogen-bond donors (Lipinski definition) is 2. The fourth-order valence-electron chi connectivity index (χ4n) is 2.02. The predicted molar refractivity (Wildman–Crippen MR) is 58.9 cm³/mol. The van der Waals surface area contributed by atoms with Gasteiger partial charge in [-0.05, 0) is 37.5 Å². The highest BCUT2D eigenvalue weighted by molar-refractivity contribution is 5.19. The average molecular weight is 208 g/mol. The maximum atomic E-state index is 13.0. The molecule has 0 heterocycles. The van der Waals surface area contributed by atoms with Gasteiger partial charge in [-0.15, -0.1) is 0 Å². The van der Waals surface area contributed by atoms with E-state index in [4.69, 9.17) is 5.73 Å². The van der Waals surface area contributed by atoms with E-state index in [9.17, 15) is 4.39 Å². The lowest BCUT2D eigenvalue weighted by molar-refractivity contribution is 0.272. The van der Waals surface area contributed by atoms with Crippen molar-refractivity contribution in [1.82, 2.24) is 5.32 Å². The quantitative estimate of drug-likeness (QED) is 0.797. The van der Waals surface area contributed by atoms with Crippen LogP contribution in [0.1, 0.15) is 31.4 Å². The Labute approximate surface area is 89.7 Å². The molecule has 0 unspecified atom stereocenters. The van der Waals surface area contributed by atoms with Crippen molar-refractivity contribution < 1.29 is 4.39 Å². The molecule has 2 nitrogen and oxygen atoms in total. The van der Waals surface area contributed by atoms with E-state index in [0.29, 0.717) is 12.1 Å². The van der Waals surface area contributed by atoms with Crippen molar-refractivity contribution in [3.8, 4) is 0 Å². The SMILES string of the molecule is C[C@H](NC1CC(N)C1)c1cccc(F)c1. The van der Waals surface area contributed by atoms with Crippen LogP contribution in [0.4, 0.5) is 4.39 Å². The van der Waals surface area contributed by atoms with Gasteiger partial charge >= 0.3 is 0 Å². The van der Waals surface area contributed by atoms with Gasteiger partial charge in [0.2, 0.25) is 0 Å². The molecule has 3 heteroatoms. The molecule has 1 aromatic carbocycles. The predicted octanol–water partition coefficient (Wildman–Crippen LogP) is 1.97. The summed E-state index contributed by atoms with van der Waals surface area (Å²) in [7, 11) is 0. The maximum absolute atomic E-state index is 13.0. The first kappa shape index (κ1) is 10.6. The molecule has 0 aromatic heterocycles. The molecular weight excluding hydrogens is 191 g/mol. The number of rotatable bonds is 3. The molecule has 1 aliphatic carbocycles. The minimum atomic E-state index is -0.175. The number of benzene rings is 1.